The summed E-state index contributed by atoms with van der Waals surface area (Å²) in [5, 5.41) is 13.3. The number of aromatic nitrogens is 1. The van der Waals surface area contributed by atoms with Crippen molar-refractivity contribution in [2.24, 2.45) is 0 Å². The summed E-state index contributed by atoms with van der Waals surface area (Å²) in [6.45, 7) is -0.151. The molecule has 2 rings (SSSR count). The number of aliphatic hydroxyl groups excluding tert-OH is 1. The first-order valence-electron chi connectivity index (χ1n) is 4.22. The van der Waals surface area contributed by atoms with Gasteiger partial charge in [0.25, 0.3) is 0 Å². The number of aliphatic hydroxyl groups is 1. The van der Waals surface area contributed by atoms with Crippen LogP contribution in [0.15, 0.2) is 33.3 Å². The van der Waals surface area contributed by atoms with Crippen LogP contribution in [-0.2, 0) is 6.61 Å². The van der Waals surface area contributed by atoms with Crippen LogP contribution in [0, 0.1) is 0 Å². The van der Waals surface area contributed by atoms with E-state index in [1.54, 1.807) is 12.1 Å². The summed E-state index contributed by atoms with van der Waals surface area (Å²) in [7, 11) is 0. The molecule has 0 aliphatic carbocycles. The summed E-state index contributed by atoms with van der Waals surface area (Å²) >= 11 is 9.20. The van der Waals surface area contributed by atoms with E-state index in [0.717, 1.165) is 10.0 Å². The molecule has 5 heteroatoms. The van der Waals surface area contributed by atoms with Crippen LogP contribution in [0.25, 0.3) is 11.3 Å². The van der Waals surface area contributed by atoms with Crippen molar-refractivity contribution >= 4 is 27.5 Å². The molecule has 0 bridgehead atoms. The van der Waals surface area contributed by atoms with Gasteiger partial charge in [0, 0.05) is 16.1 Å². The molecular formula is C10H7BrClNO2. The van der Waals surface area contributed by atoms with E-state index in [9.17, 15) is 0 Å². The summed E-state index contributed by atoms with van der Waals surface area (Å²) in [5.41, 5.74) is 1.56. The van der Waals surface area contributed by atoms with Crippen LogP contribution in [0.1, 0.15) is 5.76 Å². The fraction of sp³-hybridized carbons (Fsp3) is 0.100. The standard InChI is InChI=1S/C10H7BrClNO2/c11-8-3-6(1-2-9(8)12)10-4-7(5-14)15-13-10/h1-4,14H,5H2. The molecule has 1 heterocycles. The van der Waals surface area contributed by atoms with E-state index in [1.807, 2.05) is 12.1 Å². The molecule has 0 aliphatic heterocycles. The maximum Gasteiger partial charge on any atom is 0.162 e. The molecule has 15 heavy (non-hydrogen) atoms. The Bertz CT molecular complexity index is 484. The highest BCUT2D eigenvalue weighted by Crippen LogP contribution is 2.28. The predicted molar refractivity (Wildman–Crippen MR) is 60.6 cm³/mol. The van der Waals surface area contributed by atoms with Crippen LogP contribution in [0.4, 0.5) is 0 Å². The minimum Gasteiger partial charge on any atom is -0.388 e. The molecule has 78 valence electrons. The third kappa shape index (κ3) is 2.22. The Morgan fingerprint density at radius 2 is 2.20 bits per heavy atom. The molecule has 0 fully saturated rings. The van der Waals surface area contributed by atoms with E-state index in [2.05, 4.69) is 21.1 Å². The van der Waals surface area contributed by atoms with Gasteiger partial charge in [0.2, 0.25) is 0 Å². The zero-order valence-electron chi connectivity index (χ0n) is 7.58. The fourth-order valence-corrected chi connectivity index (χ4v) is 1.68. The molecule has 1 N–H and O–H groups in total. The molecule has 0 radical (unpaired) electrons. The molecule has 3 nitrogen and oxygen atoms in total. The topological polar surface area (TPSA) is 46.3 Å². The third-order valence-electron chi connectivity index (χ3n) is 1.93. The highest BCUT2D eigenvalue weighted by atomic mass is 79.9. The molecule has 0 atom stereocenters. The van der Waals surface area contributed by atoms with Crippen LogP contribution in [0.2, 0.25) is 5.02 Å². The van der Waals surface area contributed by atoms with Crippen molar-refractivity contribution in [1.82, 2.24) is 5.16 Å². The number of hydrogen-bond donors (Lipinski definition) is 1. The summed E-state index contributed by atoms with van der Waals surface area (Å²) < 4.78 is 5.69. The second kappa shape index (κ2) is 4.35. The first-order valence-corrected chi connectivity index (χ1v) is 5.39. The van der Waals surface area contributed by atoms with Gasteiger partial charge in [-0.05, 0) is 28.1 Å². The second-order valence-corrected chi connectivity index (χ2v) is 4.23. The van der Waals surface area contributed by atoms with Gasteiger partial charge in [-0.25, -0.2) is 0 Å². The molecular weight excluding hydrogens is 281 g/mol. The SMILES string of the molecule is OCc1cc(-c2ccc(Cl)c(Br)c2)no1. The lowest BCUT2D eigenvalue weighted by Gasteiger charge is -1.98. The average Bonchev–Trinajstić information content (AvgIpc) is 2.70. The normalized spacial score (nSPS) is 10.6. The monoisotopic (exact) mass is 287 g/mol. The van der Waals surface area contributed by atoms with Crippen molar-refractivity contribution in [2.75, 3.05) is 0 Å². The van der Waals surface area contributed by atoms with Crippen LogP contribution in [0.5, 0.6) is 0 Å². The van der Waals surface area contributed by atoms with Crippen LogP contribution < -0.4 is 0 Å². The summed E-state index contributed by atoms with van der Waals surface area (Å²) in [4.78, 5) is 0. The Hall–Kier alpha value is -0.840. The molecule has 0 amide bonds. The van der Waals surface area contributed by atoms with E-state index in [1.165, 1.54) is 0 Å². The van der Waals surface area contributed by atoms with Gasteiger partial charge in [-0.3, -0.25) is 0 Å². The first kappa shape index (κ1) is 10.7. The van der Waals surface area contributed by atoms with Gasteiger partial charge >= 0.3 is 0 Å². The minimum absolute atomic E-state index is 0.151. The number of nitrogens with zero attached hydrogens (tertiary/aromatic N) is 1. The van der Waals surface area contributed by atoms with Gasteiger partial charge in [-0.1, -0.05) is 22.8 Å². The van der Waals surface area contributed by atoms with Gasteiger partial charge in [0.15, 0.2) is 5.76 Å². The minimum atomic E-state index is -0.151. The van der Waals surface area contributed by atoms with E-state index < -0.39 is 0 Å². The maximum absolute atomic E-state index is 8.83. The van der Waals surface area contributed by atoms with E-state index in [-0.39, 0.29) is 6.61 Å². The summed E-state index contributed by atoms with van der Waals surface area (Å²) in [5.74, 6) is 0.441. The summed E-state index contributed by atoms with van der Waals surface area (Å²) in [6, 6.07) is 7.15. The van der Waals surface area contributed by atoms with Gasteiger partial charge in [0.05, 0.1) is 5.02 Å². The lowest BCUT2D eigenvalue weighted by Crippen LogP contribution is -1.78. The molecule has 2 aromatic rings. The zero-order chi connectivity index (χ0) is 10.8. The number of hydrogen-bond acceptors (Lipinski definition) is 3. The highest BCUT2D eigenvalue weighted by molar-refractivity contribution is 9.10. The summed E-state index contributed by atoms with van der Waals surface area (Å²) in [6.07, 6.45) is 0. The van der Waals surface area contributed by atoms with Crippen LogP contribution >= 0.6 is 27.5 Å². The second-order valence-electron chi connectivity index (χ2n) is 2.97. The molecule has 0 saturated heterocycles. The number of halogens is 2. The number of rotatable bonds is 2. The average molecular weight is 289 g/mol. The van der Waals surface area contributed by atoms with Crippen molar-refractivity contribution in [1.29, 1.82) is 0 Å². The first-order chi connectivity index (χ1) is 7.20. The third-order valence-corrected chi connectivity index (χ3v) is 3.14. The van der Waals surface area contributed by atoms with Gasteiger partial charge in [-0.2, -0.15) is 0 Å². The smallest absolute Gasteiger partial charge is 0.162 e. The quantitative estimate of drug-likeness (QED) is 0.922. The van der Waals surface area contributed by atoms with Crippen LogP contribution in [-0.4, -0.2) is 10.3 Å². The van der Waals surface area contributed by atoms with Gasteiger partial charge in [0.1, 0.15) is 12.3 Å². The molecule has 0 aliphatic rings. The molecule has 0 spiro atoms. The van der Waals surface area contributed by atoms with Crippen molar-refractivity contribution in [3.63, 3.8) is 0 Å². The molecule has 1 aromatic heterocycles. The number of benzene rings is 1. The van der Waals surface area contributed by atoms with E-state index >= 15 is 0 Å². The largest absolute Gasteiger partial charge is 0.388 e. The Kier molecular flexibility index (Phi) is 3.09. The maximum atomic E-state index is 8.83. The Morgan fingerprint density at radius 3 is 2.80 bits per heavy atom. The van der Waals surface area contributed by atoms with E-state index in [0.29, 0.717) is 16.5 Å². The Morgan fingerprint density at radius 1 is 1.40 bits per heavy atom. The van der Waals surface area contributed by atoms with Crippen molar-refractivity contribution in [3.8, 4) is 11.3 Å². The van der Waals surface area contributed by atoms with Gasteiger partial charge in [-0.15, -0.1) is 0 Å². The molecule has 0 saturated carbocycles. The zero-order valence-corrected chi connectivity index (χ0v) is 9.92. The predicted octanol–water partition coefficient (Wildman–Crippen LogP) is 3.25. The van der Waals surface area contributed by atoms with Crippen LogP contribution in [0.3, 0.4) is 0 Å². The molecule has 0 unspecified atom stereocenters. The van der Waals surface area contributed by atoms with Crippen molar-refractivity contribution in [2.45, 2.75) is 6.61 Å². The Labute approximate surface area is 99.8 Å². The van der Waals surface area contributed by atoms with Gasteiger partial charge < -0.3 is 9.63 Å². The Balaban J connectivity index is 2.40. The molecule has 1 aromatic carbocycles. The van der Waals surface area contributed by atoms with Crippen molar-refractivity contribution < 1.29 is 9.63 Å². The highest BCUT2D eigenvalue weighted by Gasteiger charge is 2.07. The lowest BCUT2D eigenvalue weighted by molar-refractivity contribution is 0.229. The van der Waals surface area contributed by atoms with Crippen molar-refractivity contribution in [3.05, 3.63) is 39.5 Å². The van der Waals surface area contributed by atoms with E-state index in [4.69, 9.17) is 21.2 Å². The fourth-order valence-electron chi connectivity index (χ4n) is 1.18. The lowest BCUT2D eigenvalue weighted by atomic mass is 10.1.